The minimum absolute atomic E-state index is 0.00411. The molecule has 0 radical (unpaired) electrons. The van der Waals surface area contributed by atoms with Crippen LogP contribution in [0.2, 0.25) is 0 Å². The number of methoxy groups -OCH3 is 1. The lowest BCUT2D eigenvalue weighted by Crippen LogP contribution is -2.54. The summed E-state index contributed by atoms with van der Waals surface area (Å²) in [4.78, 5) is 15.2. The van der Waals surface area contributed by atoms with E-state index in [2.05, 4.69) is 32.2 Å². The molecule has 1 saturated heterocycles. The van der Waals surface area contributed by atoms with Gasteiger partial charge in [0.15, 0.2) is 0 Å². The van der Waals surface area contributed by atoms with Gasteiger partial charge in [-0.05, 0) is 50.0 Å². The van der Waals surface area contributed by atoms with Gasteiger partial charge in [0.05, 0.1) is 11.8 Å². The molecular formula is C27H48N6O3S. The number of thioether (sulfide) groups is 1. The fourth-order valence-corrected chi connectivity index (χ4v) is 6.28. The number of dihydropyridines is 1. The van der Waals surface area contributed by atoms with Crippen molar-refractivity contribution < 1.29 is 14.6 Å². The largest absolute Gasteiger partial charge is 0.393 e. The molecule has 10 heteroatoms. The van der Waals surface area contributed by atoms with E-state index in [-0.39, 0.29) is 29.0 Å². The molecule has 3 atom stereocenters. The van der Waals surface area contributed by atoms with Crippen LogP contribution in [0.3, 0.4) is 0 Å². The third-order valence-electron chi connectivity index (χ3n) is 7.11. The monoisotopic (exact) mass is 536 g/mol. The van der Waals surface area contributed by atoms with Crippen molar-refractivity contribution in [1.29, 1.82) is 0 Å². The van der Waals surface area contributed by atoms with Gasteiger partial charge in [0.2, 0.25) is 0 Å². The zero-order valence-corrected chi connectivity index (χ0v) is 24.2. The van der Waals surface area contributed by atoms with Crippen molar-refractivity contribution in [2.45, 2.75) is 83.7 Å². The van der Waals surface area contributed by atoms with Gasteiger partial charge in [-0.15, -0.1) is 11.8 Å². The van der Waals surface area contributed by atoms with Crippen LogP contribution < -0.4 is 27.0 Å². The Balaban J connectivity index is 0.00000115. The first-order valence-corrected chi connectivity index (χ1v) is 14.5. The van der Waals surface area contributed by atoms with Crippen LogP contribution in [0.1, 0.15) is 59.8 Å². The van der Waals surface area contributed by atoms with Crippen molar-refractivity contribution in [2.24, 2.45) is 11.1 Å². The fraction of sp³-hybridized carbons (Fsp3) is 0.667. The van der Waals surface area contributed by atoms with Gasteiger partial charge in [0.25, 0.3) is 5.91 Å². The highest BCUT2D eigenvalue weighted by Crippen LogP contribution is 2.49. The number of likely N-dealkylation sites (tertiary alicyclic amines) is 1. The number of nitrogens with zero attached hydrogens (tertiary/aromatic N) is 1. The predicted octanol–water partition coefficient (Wildman–Crippen LogP) is 2.65. The lowest BCUT2D eigenvalue weighted by molar-refractivity contribution is -0.118. The standard InChI is InChI=1S/C23H36N6O3S.2C2H6/c1-25-13-17(27-20(31)18-14-33-21(28-18)15-5-10-26-11-6-15)19(24)29-12-9-23(22(29)32-2)7-3-16(30)4-8-23;2*1-2/h5-6,10,13-14,16,19,21-22,25-26,28,30H,3-4,7-9,11-12,24H2,1-2H3,(H,27,31);2*1-2H3/b17-13+;;. The number of nitrogens with two attached hydrogens (primary N) is 1. The Labute approximate surface area is 227 Å². The van der Waals surface area contributed by atoms with E-state index in [1.165, 1.54) is 0 Å². The summed E-state index contributed by atoms with van der Waals surface area (Å²) in [7, 11) is 3.51. The number of carbonyl (C=O) groups is 1. The second-order valence-corrected chi connectivity index (χ2v) is 10.1. The molecule has 0 bridgehead atoms. The van der Waals surface area contributed by atoms with Crippen molar-refractivity contribution in [3.63, 3.8) is 0 Å². The normalized spacial score (nSPS) is 29.9. The predicted molar refractivity (Wildman–Crippen MR) is 153 cm³/mol. The zero-order valence-electron chi connectivity index (χ0n) is 23.3. The number of carbonyl (C=O) groups excluding carboxylic acids is 1. The topological polar surface area (TPSA) is 124 Å². The molecule has 1 spiro atoms. The van der Waals surface area contributed by atoms with E-state index in [1.54, 1.807) is 32.1 Å². The van der Waals surface area contributed by atoms with E-state index in [1.807, 2.05) is 45.4 Å². The molecule has 7 N–H and O–H groups in total. The quantitative estimate of drug-likeness (QED) is 0.291. The van der Waals surface area contributed by atoms with Crippen LogP contribution in [-0.4, -0.2) is 67.0 Å². The van der Waals surface area contributed by atoms with E-state index >= 15 is 0 Å². The van der Waals surface area contributed by atoms with Gasteiger partial charge in [-0.3, -0.25) is 9.69 Å². The summed E-state index contributed by atoms with van der Waals surface area (Å²) in [6.45, 7) is 9.56. The van der Waals surface area contributed by atoms with E-state index in [0.29, 0.717) is 11.4 Å². The van der Waals surface area contributed by atoms with Crippen LogP contribution in [0.25, 0.3) is 0 Å². The molecule has 1 amide bonds. The van der Waals surface area contributed by atoms with Crippen molar-refractivity contribution in [1.82, 2.24) is 26.2 Å². The first kappa shape index (κ1) is 31.2. The number of rotatable bonds is 7. The molecule has 3 heterocycles. The molecule has 210 valence electrons. The zero-order chi connectivity index (χ0) is 27.4. The fourth-order valence-electron chi connectivity index (χ4n) is 5.31. The molecule has 9 nitrogen and oxygen atoms in total. The maximum atomic E-state index is 13.1. The lowest BCUT2D eigenvalue weighted by atomic mass is 9.71. The highest BCUT2D eigenvalue weighted by Gasteiger charge is 2.51. The Morgan fingerprint density at radius 2 is 2.00 bits per heavy atom. The number of hydrogen-bond acceptors (Lipinski definition) is 9. The van der Waals surface area contributed by atoms with Crippen LogP contribution in [0.5, 0.6) is 0 Å². The third-order valence-corrected chi connectivity index (χ3v) is 8.14. The van der Waals surface area contributed by atoms with Crippen molar-refractivity contribution in [3.8, 4) is 0 Å². The van der Waals surface area contributed by atoms with Crippen LogP contribution in [-0.2, 0) is 9.53 Å². The molecule has 0 aromatic carbocycles. The number of amides is 1. The SMILES string of the molecule is CC.CC.CN/C=C(/NC(=O)C1=CSC(C2=CCNC=C2)N1)C(N)N1CCC2(CCC(O)CC2)C1OC. The smallest absolute Gasteiger partial charge is 0.272 e. The lowest BCUT2D eigenvalue weighted by Gasteiger charge is -2.42. The Morgan fingerprint density at radius 1 is 1.30 bits per heavy atom. The summed E-state index contributed by atoms with van der Waals surface area (Å²) in [5, 5.41) is 24.3. The van der Waals surface area contributed by atoms with E-state index in [9.17, 15) is 9.90 Å². The molecule has 2 fully saturated rings. The molecule has 1 aliphatic carbocycles. The molecule has 4 rings (SSSR count). The molecule has 4 aliphatic rings. The summed E-state index contributed by atoms with van der Waals surface area (Å²) in [6.07, 6.45) is 11.3. The summed E-state index contributed by atoms with van der Waals surface area (Å²) in [5.74, 6) is -0.218. The van der Waals surface area contributed by atoms with Gasteiger partial charge in [-0.25, -0.2) is 0 Å². The maximum Gasteiger partial charge on any atom is 0.272 e. The number of nitrogens with one attached hydrogen (secondary N) is 4. The Kier molecular flexibility index (Phi) is 13.0. The van der Waals surface area contributed by atoms with Crippen LogP contribution in [0, 0.1) is 5.41 Å². The van der Waals surface area contributed by atoms with E-state index < -0.39 is 6.17 Å². The highest BCUT2D eigenvalue weighted by atomic mass is 32.2. The second-order valence-electron chi connectivity index (χ2n) is 9.09. The van der Waals surface area contributed by atoms with Gasteiger partial charge in [-0.2, -0.15) is 0 Å². The molecular weight excluding hydrogens is 488 g/mol. The minimum atomic E-state index is -0.530. The van der Waals surface area contributed by atoms with Crippen molar-refractivity contribution in [3.05, 3.63) is 46.9 Å². The maximum absolute atomic E-state index is 13.1. The minimum Gasteiger partial charge on any atom is -0.393 e. The van der Waals surface area contributed by atoms with E-state index in [0.717, 1.165) is 50.8 Å². The molecule has 3 unspecified atom stereocenters. The van der Waals surface area contributed by atoms with Gasteiger partial charge >= 0.3 is 0 Å². The van der Waals surface area contributed by atoms with Gasteiger partial charge < -0.3 is 36.8 Å². The summed E-state index contributed by atoms with van der Waals surface area (Å²) < 4.78 is 5.95. The average Bonchev–Trinajstić information content (AvgIpc) is 3.58. The average molecular weight is 537 g/mol. The van der Waals surface area contributed by atoms with Gasteiger partial charge in [-0.1, -0.05) is 33.8 Å². The first-order valence-electron chi connectivity index (χ1n) is 13.6. The summed E-state index contributed by atoms with van der Waals surface area (Å²) in [5.41, 5.74) is 8.94. The molecule has 37 heavy (non-hydrogen) atoms. The van der Waals surface area contributed by atoms with Gasteiger partial charge in [0, 0.05) is 44.3 Å². The number of aliphatic hydroxyl groups is 1. The number of hydrogen-bond donors (Lipinski definition) is 6. The second kappa shape index (κ2) is 15.4. The van der Waals surface area contributed by atoms with Crippen molar-refractivity contribution >= 4 is 17.7 Å². The van der Waals surface area contributed by atoms with Crippen molar-refractivity contribution in [2.75, 3.05) is 27.2 Å². The molecule has 0 aromatic heterocycles. The number of aliphatic hydroxyl groups excluding tert-OH is 1. The number of ether oxygens (including phenoxy) is 1. The van der Waals surface area contributed by atoms with E-state index in [4.69, 9.17) is 10.5 Å². The summed E-state index contributed by atoms with van der Waals surface area (Å²) in [6, 6.07) is 0. The Bertz CT molecular complexity index is 851. The third kappa shape index (κ3) is 7.54. The first-order chi connectivity index (χ1) is 18.0. The van der Waals surface area contributed by atoms with Crippen LogP contribution in [0.15, 0.2) is 46.9 Å². The molecule has 0 aromatic rings. The summed E-state index contributed by atoms with van der Waals surface area (Å²) >= 11 is 1.58. The highest BCUT2D eigenvalue weighted by molar-refractivity contribution is 8.03. The molecule has 3 aliphatic heterocycles. The Morgan fingerprint density at radius 3 is 2.59 bits per heavy atom. The van der Waals surface area contributed by atoms with Crippen LogP contribution >= 0.6 is 11.8 Å². The van der Waals surface area contributed by atoms with Crippen LogP contribution in [0.4, 0.5) is 0 Å². The Hall–Kier alpha value is -1.98. The van der Waals surface area contributed by atoms with Gasteiger partial charge in [0.1, 0.15) is 23.5 Å². The molecule has 1 saturated carbocycles.